The molecule has 0 bridgehead atoms. The predicted molar refractivity (Wildman–Crippen MR) is 344 cm³/mol. The maximum Gasteiger partial charge on any atom is 0.306 e. The van der Waals surface area contributed by atoms with Crippen molar-refractivity contribution in [3.8, 4) is 0 Å². The van der Waals surface area contributed by atoms with Crippen molar-refractivity contribution >= 4 is 17.9 Å². The van der Waals surface area contributed by atoms with Crippen LogP contribution in [0.4, 0.5) is 0 Å². The molecule has 6 nitrogen and oxygen atoms in total. The van der Waals surface area contributed by atoms with Crippen molar-refractivity contribution in [3.63, 3.8) is 0 Å². The topological polar surface area (TPSA) is 78.9 Å². The Morgan fingerprint density at radius 3 is 0.747 bits per heavy atom. The molecule has 0 aliphatic carbocycles. The molecule has 0 fully saturated rings. The molecule has 0 aliphatic rings. The molecule has 79 heavy (non-hydrogen) atoms. The second-order valence-electron chi connectivity index (χ2n) is 24.5. The van der Waals surface area contributed by atoms with E-state index in [2.05, 4.69) is 45.1 Å². The lowest BCUT2D eigenvalue weighted by Gasteiger charge is -2.18. The summed E-state index contributed by atoms with van der Waals surface area (Å²) in [5.41, 5.74) is 0. The smallest absolute Gasteiger partial charge is 0.306 e. The first-order chi connectivity index (χ1) is 39.0. The summed E-state index contributed by atoms with van der Waals surface area (Å²) in [5, 5.41) is 0. The number of unbranched alkanes of at least 4 members (excludes halogenated alkanes) is 52. The van der Waals surface area contributed by atoms with Gasteiger partial charge < -0.3 is 14.2 Å². The Bertz CT molecular complexity index is 1270. The van der Waals surface area contributed by atoms with Crippen LogP contribution >= 0.6 is 0 Å². The first-order valence-electron chi connectivity index (χ1n) is 35.8. The number of ether oxygens (including phenoxy) is 3. The van der Waals surface area contributed by atoms with Crippen molar-refractivity contribution < 1.29 is 28.6 Å². The number of esters is 3. The summed E-state index contributed by atoms with van der Waals surface area (Å²) < 4.78 is 17.0. The Kier molecular flexibility index (Phi) is 66.6. The van der Waals surface area contributed by atoms with Crippen LogP contribution in [0.15, 0.2) is 24.3 Å². The van der Waals surface area contributed by atoms with Gasteiger partial charge in [-0.3, -0.25) is 14.4 Å². The number of carbonyl (C=O) groups excluding carboxylic acids is 3. The molecule has 1 unspecified atom stereocenters. The van der Waals surface area contributed by atoms with E-state index in [1.807, 2.05) is 0 Å². The van der Waals surface area contributed by atoms with Crippen molar-refractivity contribution in [2.24, 2.45) is 0 Å². The first-order valence-corrected chi connectivity index (χ1v) is 35.8. The van der Waals surface area contributed by atoms with Crippen LogP contribution in [-0.2, 0) is 28.6 Å². The molecule has 0 N–H and O–H groups in total. The van der Waals surface area contributed by atoms with Gasteiger partial charge in [-0.05, 0) is 44.9 Å². The quantitative estimate of drug-likeness (QED) is 0.0261. The van der Waals surface area contributed by atoms with Gasteiger partial charge >= 0.3 is 17.9 Å². The molecule has 0 rings (SSSR count). The minimum absolute atomic E-state index is 0.0695. The van der Waals surface area contributed by atoms with Crippen molar-refractivity contribution in [2.75, 3.05) is 13.2 Å². The Labute approximate surface area is 493 Å². The summed E-state index contributed by atoms with van der Waals surface area (Å²) >= 11 is 0. The van der Waals surface area contributed by atoms with Crippen molar-refractivity contribution in [1.82, 2.24) is 0 Å². The van der Waals surface area contributed by atoms with E-state index in [0.717, 1.165) is 83.5 Å². The van der Waals surface area contributed by atoms with E-state index in [-0.39, 0.29) is 31.1 Å². The lowest BCUT2D eigenvalue weighted by Crippen LogP contribution is -2.30. The van der Waals surface area contributed by atoms with E-state index < -0.39 is 6.10 Å². The molecule has 0 spiro atoms. The van der Waals surface area contributed by atoms with Gasteiger partial charge in [-0.15, -0.1) is 0 Å². The van der Waals surface area contributed by atoms with E-state index in [0.29, 0.717) is 19.3 Å². The summed E-state index contributed by atoms with van der Waals surface area (Å²) in [6, 6.07) is 0. The van der Waals surface area contributed by atoms with Gasteiger partial charge in [0.25, 0.3) is 0 Å². The number of carbonyl (C=O) groups is 3. The number of allylic oxidation sites excluding steroid dienone is 4. The van der Waals surface area contributed by atoms with Gasteiger partial charge in [0.1, 0.15) is 13.2 Å². The summed E-state index contributed by atoms with van der Waals surface area (Å²) in [4.78, 5) is 38.4. The summed E-state index contributed by atoms with van der Waals surface area (Å²) in [5.74, 6) is -0.854. The molecule has 0 saturated carbocycles. The maximum absolute atomic E-state index is 12.9. The third-order valence-electron chi connectivity index (χ3n) is 16.4. The second-order valence-corrected chi connectivity index (χ2v) is 24.5. The van der Waals surface area contributed by atoms with Crippen molar-refractivity contribution in [3.05, 3.63) is 24.3 Å². The molecule has 0 aliphatic heterocycles. The standard InChI is InChI=1S/C73H138O6/c1-4-7-10-13-16-19-22-25-27-29-30-31-32-33-34-35-36-37-38-39-40-41-42-44-45-48-51-54-57-60-63-66-72(75)78-69-70(68-77-71(74)65-62-59-56-53-50-47-24-21-18-15-12-9-6-3)79-73(76)67-64-61-58-55-52-49-46-43-28-26-23-20-17-14-11-8-5-2/h12,15,21,24,70H,4-11,13-14,16-20,22-23,25-69H2,1-3H3/b15-12-,24-21-. The minimum Gasteiger partial charge on any atom is -0.462 e. The van der Waals surface area contributed by atoms with Crippen LogP contribution < -0.4 is 0 Å². The average molecular weight is 1110 g/mol. The third kappa shape index (κ3) is 66.6. The van der Waals surface area contributed by atoms with Gasteiger partial charge in [0.05, 0.1) is 0 Å². The van der Waals surface area contributed by atoms with E-state index >= 15 is 0 Å². The molecule has 6 heteroatoms. The lowest BCUT2D eigenvalue weighted by atomic mass is 10.0. The van der Waals surface area contributed by atoms with Crippen LogP contribution in [0.3, 0.4) is 0 Å². The van der Waals surface area contributed by atoms with E-state index in [4.69, 9.17) is 14.2 Å². The molecule has 0 aromatic rings. The van der Waals surface area contributed by atoms with E-state index in [1.165, 1.54) is 283 Å². The molecule has 0 amide bonds. The summed E-state index contributed by atoms with van der Waals surface area (Å²) in [7, 11) is 0. The number of hydrogen-bond acceptors (Lipinski definition) is 6. The minimum atomic E-state index is -0.773. The second kappa shape index (κ2) is 68.4. The van der Waals surface area contributed by atoms with Gasteiger partial charge in [-0.1, -0.05) is 366 Å². The van der Waals surface area contributed by atoms with E-state index in [9.17, 15) is 14.4 Å². The van der Waals surface area contributed by atoms with Crippen LogP contribution in [0, 0.1) is 0 Å². The molecule has 0 heterocycles. The highest BCUT2D eigenvalue weighted by Crippen LogP contribution is 2.19. The molecule has 0 saturated heterocycles. The SMILES string of the molecule is CCC/C=C\C/C=C\CCCCCCCC(=O)OCC(COC(=O)CCCCCCCCCCCCCCCCCCCCCCCCCCCCCCCCC)OC(=O)CCCCCCCCCCCCCCCCCCC. The Morgan fingerprint density at radius 2 is 0.481 bits per heavy atom. The zero-order chi connectivity index (χ0) is 57.1. The molecular formula is C73H138O6. The molecule has 0 aromatic carbocycles. The monoisotopic (exact) mass is 1110 g/mol. The molecule has 0 aromatic heterocycles. The van der Waals surface area contributed by atoms with Crippen molar-refractivity contribution in [2.45, 2.75) is 412 Å². The van der Waals surface area contributed by atoms with Gasteiger partial charge in [-0.25, -0.2) is 0 Å². The average Bonchev–Trinajstić information content (AvgIpc) is 3.45. The van der Waals surface area contributed by atoms with E-state index in [1.54, 1.807) is 0 Å². The Hall–Kier alpha value is -2.11. The van der Waals surface area contributed by atoms with Gasteiger partial charge in [-0.2, -0.15) is 0 Å². The first kappa shape index (κ1) is 76.9. The summed E-state index contributed by atoms with van der Waals surface area (Å²) in [6.07, 6.45) is 83.7. The normalized spacial score (nSPS) is 12.1. The lowest BCUT2D eigenvalue weighted by molar-refractivity contribution is -0.167. The maximum atomic E-state index is 12.9. The fourth-order valence-electron chi connectivity index (χ4n) is 11.1. The van der Waals surface area contributed by atoms with Gasteiger partial charge in [0.2, 0.25) is 0 Å². The fourth-order valence-corrected chi connectivity index (χ4v) is 11.1. The largest absolute Gasteiger partial charge is 0.462 e. The molecule has 466 valence electrons. The number of rotatable bonds is 67. The zero-order valence-corrected chi connectivity index (χ0v) is 53.7. The van der Waals surface area contributed by atoms with Gasteiger partial charge in [0, 0.05) is 19.3 Å². The Balaban J connectivity index is 4.11. The highest BCUT2D eigenvalue weighted by Gasteiger charge is 2.19. The Morgan fingerprint density at radius 1 is 0.253 bits per heavy atom. The third-order valence-corrected chi connectivity index (χ3v) is 16.4. The molecule has 0 radical (unpaired) electrons. The van der Waals surface area contributed by atoms with Crippen LogP contribution in [-0.4, -0.2) is 37.2 Å². The predicted octanol–water partition coefficient (Wildman–Crippen LogP) is 24.6. The fraction of sp³-hybridized carbons (Fsp3) is 0.904. The summed E-state index contributed by atoms with van der Waals surface area (Å²) in [6.45, 7) is 6.65. The molecule has 1 atom stereocenters. The van der Waals surface area contributed by atoms with Crippen molar-refractivity contribution in [1.29, 1.82) is 0 Å². The van der Waals surface area contributed by atoms with Crippen LogP contribution in [0.5, 0.6) is 0 Å². The van der Waals surface area contributed by atoms with Crippen LogP contribution in [0.2, 0.25) is 0 Å². The van der Waals surface area contributed by atoms with Crippen LogP contribution in [0.25, 0.3) is 0 Å². The number of hydrogen-bond donors (Lipinski definition) is 0. The zero-order valence-electron chi connectivity index (χ0n) is 53.7. The highest BCUT2D eigenvalue weighted by molar-refractivity contribution is 5.71. The van der Waals surface area contributed by atoms with Crippen LogP contribution in [0.1, 0.15) is 406 Å². The molecular weight excluding hydrogens is 973 g/mol. The highest BCUT2D eigenvalue weighted by atomic mass is 16.6. The van der Waals surface area contributed by atoms with Gasteiger partial charge in [0.15, 0.2) is 6.10 Å².